The lowest BCUT2D eigenvalue weighted by atomic mass is 9.98. The van der Waals surface area contributed by atoms with Crippen molar-refractivity contribution < 1.29 is 0 Å². The SMILES string of the molecule is CCC1CCCN(c2nnccc2C(=N)N)CC1. The summed E-state index contributed by atoms with van der Waals surface area (Å²) in [5.74, 6) is 1.64. The normalized spacial score (nSPS) is 20.5. The fraction of sp³-hybridized carbons (Fsp3) is 0.615. The second-order valence-corrected chi connectivity index (χ2v) is 4.87. The van der Waals surface area contributed by atoms with E-state index in [-0.39, 0.29) is 5.84 Å². The van der Waals surface area contributed by atoms with Crippen molar-refractivity contribution >= 4 is 11.7 Å². The Morgan fingerprint density at radius 1 is 1.50 bits per heavy atom. The third kappa shape index (κ3) is 2.78. The van der Waals surface area contributed by atoms with Crippen LogP contribution in [-0.4, -0.2) is 29.1 Å². The number of nitrogens with one attached hydrogen (secondary N) is 1. The average Bonchev–Trinajstić information content (AvgIpc) is 2.63. The van der Waals surface area contributed by atoms with Gasteiger partial charge in [0.1, 0.15) is 5.84 Å². The Morgan fingerprint density at radius 2 is 2.33 bits per heavy atom. The van der Waals surface area contributed by atoms with Crippen molar-refractivity contribution in [2.24, 2.45) is 11.7 Å². The molecule has 1 saturated heterocycles. The Hall–Kier alpha value is -1.65. The molecule has 5 nitrogen and oxygen atoms in total. The number of rotatable bonds is 3. The van der Waals surface area contributed by atoms with Crippen LogP contribution in [0.3, 0.4) is 0 Å². The number of nitrogens with zero attached hydrogens (tertiary/aromatic N) is 3. The van der Waals surface area contributed by atoms with Crippen LogP contribution in [0, 0.1) is 11.3 Å². The summed E-state index contributed by atoms with van der Waals surface area (Å²) in [5, 5.41) is 15.7. The van der Waals surface area contributed by atoms with Gasteiger partial charge >= 0.3 is 0 Å². The second-order valence-electron chi connectivity index (χ2n) is 4.87. The third-order valence-corrected chi connectivity index (χ3v) is 3.72. The van der Waals surface area contributed by atoms with Crippen molar-refractivity contribution in [2.75, 3.05) is 18.0 Å². The van der Waals surface area contributed by atoms with Crippen molar-refractivity contribution in [3.63, 3.8) is 0 Å². The molecule has 0 aliphatic carbocycles. The summed E-state index contributed by atoms with van der Waals surface area (Å²) < 4.78 is 0. The molecule has 1 aliphatic heterocycles. The minimum atomic E-state index is 0.0659. The molecule has 18 heavy (non-hydrogen) atoms. The van der Waals surface area contributed by atoms with Crippen LogP contribution in [0.15, 0.2) is 12.3 Å². The predicted molar refractivity (Wildman–Crippen MR) is 72.9 cm³/mol. The number of hydrogen-bond acceptors (Lipinski definition) is 4. The van der Waals surface area contributed by atoms with Gasteiger partial charge in [-0.05, 0) is 31.2 Å². The predicted octanol–water partition coefficient (Wildman–Crippen LogP) is 1.78. The summed E-state index contributed by atoms with van der Waals surface area (Å²) in [6.07, 6.45) is 6.47. The highest BCUT2D eigenvalue weighted by Crippen LogP contribution is 2.24. The van der Waals surface area contributed by atoms with E-state index in [9.17, 15) is 0 Å². The maximum atomic E-state index is 7.61. The summed E-state index contributed by atoms with van der Waals surface area (Å²) in [7, 11) is 0. The number of amidine groups is 1. The van der Waals surface area contributed by atoms with E-state index in [1.54, 1.807) is 12.3 Å². The quantitative estimate of drug-likeness (QED) is 0.630. The van der Waals surface area contributed by atoms with Gasteiger partial charge in [0.05, 0.1) is 11.8 Å². The van der Waals surface area contributed by atoms with Gasteiger partial charge in [0.15, 0.2) is 5.82 Å². The molecule has 3 N–H and O–H groups in total. The van der Waals surface area contributed by atoms with Gasteiger partial charge in [-0.15, -0.1) is 5.10 Å². The van der Waals surface area contributed by atoms with Crippen LogP contribution in [0.1, 0.15) is 38.2 Å². The van der Waals surface area contributed by atoms with Gasteiger partial charge in [-0.3, -0.25) is 5.41 Å². The first-order chi connectivity index (χ1) is 8.72. The van der Waals surface area contributed by atoms with E-state index in [0.29, 0.717) is 5.56 Å². The van der Waals surface area contributed by atoms with Crippen molar-refractivity contribution in [3.8, 4) is 0 Å². The number of nitrogen functional groups attached to an aromatic ring is 1. The lowest BCUT2D eigenvalue weighted by Gasteiger charge is -2.23. The number of aromatic nitrogens is 2. The molecule has 1 aromatic rings. The molecule has 2 heterocycles. The molecule has 1 aliphatic rings. The molecule has 1 fully saturated rings. The zero-order chi connectivity index (χ0) is 13.0. The standard InChI is InChI=1S/C13H21N5/c1-2-10-4-3-8-18(9-6-10)13-11(12(14)15)5-7-16-17-13/h5,7,10H,2-4,6,8-9H2,1H3,(H3,14,15). The van der Waals surface area contributed by atoms with Crippen molar-refractivity contribution in [1.29, 1.82) is 5.41 Å². The molecule has 1 atom stereocenters. The Labute approximate surface area is 108 Å². The number of hydrogen-bond donors (Lipinski definition) is 2. The molecule has 0 amide bonds. The van der Waals surface area contributed by atoms with E-state index in [1.165, 1.54) is 25.7 Å². The molecule has 1 aromatic heterocycles. The maximum absolute atomic E-state index is 7.61. The summed E-state index contributed by atoms with van der Waals surface area (Å²) >= 11 is 0. The molecular weight excluding hydrogens is 226 g/mol. The van der Waals surface area contributed by atoms with E-state index >= 15 is 0 Å². The van der Waals surface area contributed by atoms with Crippen LogP contribution in [0.4, 0.5) is 5.82 Å². The number of nitrogens with two attached hydrogens (primary N) is 1. The molecule has 0 radical (unpaired) electrons. The van der Waals surface area contributed by atoms with E-state index in [2.05, 4.69) is 22.0 Å². The van der Waals surface area contributed by atoms with Gasteiger partial charge in [0.2, 0.25) is 0 Å². The monoisotopic (exact) mass is 247 g/mol. The highest BCUT2D eigenvalue weighted by Gasteiger charge is 2.19. The molecule has 5 heteroatoms. The lowest BCUT2D eigenvalue weighted by molar-refractivity contribution is 0.459. The first kappa shape index (κ1) is 12.8. The van der Waals surface area contributed by atoms with E-state index in [4.69, 9.17) is 11.1 Å². The van der Waals surface area contributed by atoms with Crippen LogP contribution in [0.2, 0.25) is 0 Å². The van der Waals surface area contributed by atoms with Crippen LogP contribution in [0.25, 0.3) is 0 Å². The van der Waals surface area contributed by atoms with Crippen molar-refractivity contribution in [2.45, 2.75) is 32.6 Å². The van der Waals surface area contributed by atoms with E-state index in [0.717, 1.165) is 24.8 Å². The van der Waals surface area contributed by atoms with Gasteiger partial charge < -0.3 is 10.6 Å². The van der Waals surface area contributed by atoms with Crippen LogP contribution in [0.5, 0.6) is 0 Å². The maximum Gasteiger partial charge on any atom is 0.162 e. The first-order valence-corrected chi connectivity index (χ1v) is 6.63. The Kier molecular flexibility index (Phi) is 4.12. The molecule has 0 saturated carbocycles. The topological polar surface area (TPSA) is 78.9 Å². The molecule has 98 valence electrons. The fourth-order valence-corrected chi connectivity index (χ4v) is 2.55. The average molecular weight is 247 g/mol. The highest BCUT2D eigenvalue weighted by atomic mass is 15.3. The second kappa shape index (κ2) is 5.80. The van der Waals surface area contributed by atoms with Crippen LogP contribution in [-0.2, 0) is 0 Å². The summed E-state index contributed by atoms with van der Waals surface area (Å²) in [5.41, 5.74) is 6.30. The summed E-state index contributed by atoms with van der Waals surface area (Å²) in [6.45, 7) is 4.22. The first-order valence-electron chi connectivity index (χ1n) is 6.63. The van der Waals surface area contributed by atoms with E-state index < -0.39 is 0 Å². The molecular formula is C13H21N5. The van der Waals surface area contributed by atoms with Gasteiger partial charge in [-0.25, -0.2) is 0 Å². The van der Waals surface area contributed by atoms with Gasteiger partial charge in [-0.1, -0.05) is 13.3 Å². The molecule has 0 aromatic carbocycles. The van der Waals surface area contributed by atoms with Crippen LogP contribution < -0.4 is 10.6 Å². The highest BCUT2D eigenvalue weighted by molar-refractivity contribution is 5.99. The fourth-order valence-electron chi connectivity index (χ4n) is 2.55. The molecule has 1 unspecified atom stereocenters. The van der Waals surface area contributed by atoms with E-state index in [1.807, 2.05) is 0 Å². The molecule has 2 rings (SSSR count). The molecule has 0 bridgehead atoms. The largest absolute Gasteiger partial charge is 0.384 e. The third-order valence-electron chi connectivity index (χ3n) is 3.72. The zero-order valence-corrected chi connectivity index (χ0v) is 10.9. The van der Waals surface area contributed by atoms with Crippen LogP contribution >= 0.6 is 0 Å². The summed E-state index contributed by atoms with van der Waals surface area (Å²) in [4.78, 5) is 2.22. The van der Waals surface area contributed by atoms with Crippen molar-refractivity contribution in [1.82, 2.24) is 10.2 Å². The number of anilines is 1. The Morgan fingerprint density at radius 3 is 3.06 bits per heavy atom. The molecule has 0 spiro atoms. The van der Waals surface area contributed by atoms with Crippen molar-refractivity contribution in [3.05, 3.63) is 17.8 Å². The smallest absolute Gasteiger partial charge is 0.162 e. The van der Waals surface area contributed by atoms with Gasteiger partial charge in [-0.2, -0.15) is 5.10 Å². The minimum Gasteiger partial charge on any atom is -0.384 e. The Balaban J connectivity index is 2.18. The lowest BCUT2D eigenvalue weighted by Crippen LogP contribution is -2.29. The summed E-state index contributed by atoms with van der Waals surface area (Å²) in [6, 6.07) is 1.77. The zero-order valence-electron chi connectivity index (χ0n) is 10.9. The van der Waals surface area contributed by atoms with Gasteiger partial charge in [0, 0.05) is 13.1 Å². The van der Waals surface area contributed by atoms with Gasteiger partial charge in [0.25, 0.3) is 0 Å². The Bertz CT molecular complexity index is 418. The minimum absolute atomic E-state index is 0.0659.